The summed E-state index contributed by atoms with van der Waals surface area (Å²) in [6.45, 7) is 14.4. The lowest BCUT2D eigenvalue weighted by molar-refractivity contribution is -0.153. The van der Waals surface area contributed by atoms with Crippen LogP contribution >= 0.6 is 0 Å². The normalized spacial score (nSPS) is 18.2. The molecule has 52 heavy (non-hydrogen) atoms. The Hall–Kier alpha value is -4.49. The summed E-state index contributed by atoms with van der Waals surface area (Å²) in [4.78, 5) is 28.9. The predicted molar refractivity (Wildman–Crippen MR) is 196 cm³/mol. The van der Waals surface area contributed by atoms with E-state index in [4.69, 9.17) is 19.4 Å². The lowest BCUT2D eigenvalue weighted by Gasteiger charge is -2.54. The third-order valence-electron chi connectivity index (χ3n) is 11.1. The van der Waals surface area contributed by atoms with E-state index in [2.05, 4.69) is 33.2 Å². The zero-order chi connectivity index (χ0) is 36.6. The smallest absolute Gasteiger partial charge is 0.422 e. The highest BCUT2D eigenvalue weighted by atomic mass is 19.4. The number of carbonyl (C=O) groups excluding carboxylic acids is 1. The molecular weight excluding hydrogens is 671 g/mol. The van der Waals surface area contributed by atoms with E-state index in [0.717, 1.165) is 61.8 Å². The second-order valence-electron chi connectivity index (χ2n) is 14.6. The molecule has 10 nitrogen and oxygen atoms in total. The summed E-state index contributed by atoms with van der Waals surface area (Å²) in [7, 11) is 1.71. The molecular formula is C39H46F3N7O3. The zero-order valence-electron chi connectivity index (χ0n) is 29.9. The topological polar surface area (TPSA) is 99.7 Å². The van der Waals surface area contributed by atoms with Gasteiger partial charge in [0.05, 0.1) is 18.3 Å². The van der Waals surface area contributed by atoms with Crippen LogP contribution in [0.5, 0.6) is 5.75 Å². The number of hydrogen-bond donors (Lipinski definition) is 1. The van der Waals surface area contributed by atoms with Crippen LogP contribution in [-0.2, 0) is 16.0 Å². The molecule has 0 unspecified atom stereocenters. The van der Waals surface area contributed by atoms with Crippen molar-refractivity contribution in [3.05, 3.63) is 60.6 Å². The number of halogens is 3. The number of piperidine rings is 2. The van der Waals surface area contributed by atoms with Crippen LogP contribution in [0.1, 0.15) is 42.6 Å². The van der Waals surface area contributed by atoms with Crippen molar-refractivity contribution in [2.45, 2.75) is 45.2 Å². The molecule has 3 fully saturated rings. The molecule has 276 valence electrons. The molecule has 5 heterocycles. The number of rotatable bonds is 11. The molecule has 2 aromatic heterocycles. The van der Waals surface area contributed by atoms with Gasteiger partial charge in [0.2, 0.25) is 5.91 Å². The summed E-state index contributed by atoms with van der Waals surface area (Å²) in [6, 6.07) is 5.77. The van der Waals surface area contributed by atoms with Gasteiger partial charge in [-0.05, 0) is 86.5 Å². The largest absolute Gasteiger partial charge is 0.481 e. The molecule has 1 spiro atoms. The fraction of sp³-hybridized carbons (Fsp3) is 0.487. The first kappa shape index (κ1) is 35.9. The van der Waals surface area contributed by atoms with E-state index in [1.807, 2.05) is 30.0 Å². The Balaban J connectivity index is 1.34. The van der Waals surface area contributed by atoms with Gasteiger partial charge in [0.1, 0.15) is 17.2 Å². The molecule has 1 N–H and O–H groups in total. The minimum atomic E-state index is -4.58. The third-order valence-corrected chi connectivity index (χ3v) is 11.1. The zero-order valence-corrected chi connectivity index (χ0v) is 29.9. The summed E-state index contributed by atoms with van der Waals surface area (Å²) in [5.41, 5.74) is 3.84. The Kier molecular flexibility index (Phi) is 10.0. The Morgan fingerprint density at radius 3 is 2.50 bits per heavy atom. The summed E-state index contributed by atoms with van der Waals surface area (Å²) in [5.74, 6) is 1.62. The van der Waals surface area contributed by atoms with Crippen LogP contribution in [0, 0.1) is 18.3 Å². The first-order chi connectivity index (χ1) is 25.0. The second-order valence-corrected chi connectivity index (χ2v) is 14.6. The monoisotopic (exact) mass is 717 g/mol. The Morgan fingerprint density at radius 1 is 1.08 bits per heavy atom. The van der Waals surface area contributed by atoms with Gasteiger partial charge < -0.3 is 24.2 Å². The van der Waals surface area contributed by atoms with Gasteiger partial charge in [-0.2, -0.15) is 18.3 Å². The molecule has 3 saturated heterocycles. The standard InChI is InChI=1S/C39H46F3N7O3/c1-5-27-20-28-35(36(52-24-39(40,41)42)34(27)33-25(3)7-8-30-29(33)21-43-46-30)44-31(19-26-9-13-47(14-10-26)17-18-51-4)45-37(28)48-15-11-38(12-16-48)22-49(23-38)32(50)6-2/h5-8,20-21,26H,1-2,9-19,22-24H2,3-4H3,(H,43,46). The number of carbonyl (C=O) groups is 1. The highest BCUT2D eigenvalue weighted by molar-refractivity contribution is 6.07. The van der Waals surface area contributed by atoms with Crippen molar-refractivity contribution in [1.29, 1.82) is 0 Å². The lowest BCUT2D eigenvalue weighted by atomic mass is 9.72. The predicted octanol–water partition coefficient (Wildman–Crippen LogP) is 6.58. The van der Waals surface area contributed by atoms with Crippen LogP contribution in [0.2, 0.25) is 0 Å². The lowest BCUT2D eigenvalue weighted by Crippen LogP contribution is -2.61. The van der Waals surface area contributed by atoms with Crippen LogP contribution in [0.3, 0.4) is 0 Å². The van der Waals surface area contributed by atoms with E-state index in [1.54, 1.807) is 19.4 Å². The second kappa shape index (κ2) is 14.5. The number of nitrogens with zero attached hydrogens (tertiary/aromatic N) is 6. The van der Waals surface area contributed by atoms with Gasteiger partial charge in [-0.15, -0.1) is 0 Å². The number of likely N-dealkylation sites (tertiary alicyclic amines) is 2. The molecule has 0 radical (unpaired) electrons. The van der Waals surface area contributed by atoms with Crippen molar-refractivity contribution in [2.24, 2.45) is 11.3 Å². The van der Waals surface area contributed by atoms with Crippen molar-refractivity contribution < 1.29 is 27.4 Å². The van der Waals surface area contributed by atoms with Crippen LogP contribution < -0.4 is 9.64 Å². The Morgan fingerprint density at radius 2 is 1.83 bits per heavy atom. The summed E-state index contributed by atoms with van der Waals surface area (Å²) in [6.07, 6.45) is 4.38. The number of aromatic nitrogens is 4. The number of nitrogens with one attached hydrogen (secondary N) is 1. The van der Waals surface area contributed by atoms with Gasteiger partial charge in [-0.25, -0.2) is 9.97 Å². The maximum Gasteiger partial charge on any atom is 0.422 e. The minimum absolute atomic E-state index is 0.0405. The molecule has 3 aliphatic heterocycles. The summed E-state index contributed by atoms with van der Waals surface area (Å²) in [5, 5.41) is 8.62. The van der Waals surface area contributed by atoms with Crippen molar-refractivity contribution in [3.8, 4) is 16.9 Å². The van der Waals surface area contributed by atoms with E-state index in [0.29, 0.717) is 84.4 Å². The third kappa shape index (κ3) is 7.12. The number of fused-ring (bicyclic) bond motifs is 2. The number of ether oxygens (including phenoxy) is 2. The molecule has 1 amide bonds. The van der Waals surface area contributed by atoms with Gasteiger partial charge in [-0.1, -0.05) is 25.3 Å². The molecule has 7 rings (SSSR count). The summed E-state index contributed by atoms with van der Waals surface area (Å²) >= 11 is 0. The fourth-order valence-electron chi connectivity index (χ4n) is 8.24. The number of alkyl halides is 3. The van der Waals surface area contributed by atoms with Crippen LogP contribution in [0.15, 0.2) is 43.6 Å². The van der Waals surface area contributed by atoms with Gasteiger partial charge in [0.15, 0.2) is 12.4 Å². The first-order valence-corrected chi connectivity index (χ1v) is 18.0. The number of anilines is 1. The number of H-pyrrole nitrogens is 1. The SMILES string of the molecule is C=CC(=O)N1CC2(CCN(c3nc(CC4CCN(CCOC)CC4)nc4c(OCC(F)(F)F)c(-c5c(C)ccc6[nH]ncc56)c(C=C)cc34)CC2)C1. The molecule has 0 aliphatic carbocycles. The molecule has 3 aliphatic rings. The van der Waals surface area contributed by atoms with Crippen LogP contribution in [-0.4, -0.2) is 108 Å². The first-order valence-electron chi connectivity index (χ1n) is 18.0. The number of benzene rings is 2. The maximum atomic E-state index is 14.0. The number of aromatic amines is 1. The molecule has 0 atom stereocenters. The Bertz CT molecular complexity index is 1970. The van der Waals surface area contributed by atoms with Gasteiger partial charge in [0.25, 0.3) is 0 Å². The highest BCUT2D eigenvalue weighted by Crippen LogP contribution is 2.47. The average molecular weight is 718 g/mol. The fourth-order valence-corrected chi connectivity index (χ4v) is 8.24. The van der Waals surface area contributed by atoms with Crippen molar-refractivity contribution >= 4 is 39.6 Å². The number of methoxy groups -OCH3 is 1. The minimum Gasteiger partial charge on any atom is -0.481 e. The van der Waals surface area contributed by atoms with Gasteiger partial charge in [-0.3, -0.25) is 9.89 Å². The number of hydrogen-bond acceptors (Lipinski definition) is 8. The van der Waals surface area contributed by atoms with E-state index in [-0.39, 0.29) is 17.1 Å². The number of aryl methyl sites for hydroxylation is 1. The molecule has 4 aromatic rings. The maximum absolute atomic E-state index is 14.0. The van der Waals surface area contributed by atoms with Crippen molar-refractivity contribution in [3.63, 3.8) is 0 Å². The molecule has 2 aromatic carbocycles. The molecule has 0 bridgehead atoms. The summed E-state index contributed by atoms with van der Waals surface area (Å²) < 4.78 is 53.1. The van der Waals surface area contributed by atoms with Crippen LogP contribution in [0.4, 0.5) is 19.0 Å². The number of amides is 1. The van der Waals surface area contributed by atoms with Crippen LogP contribution in [0.25, 0.3) is 39.0 Å². The van der Waals surface area contributed by atoms with E-state index in [1.165, 1.54) is 6.08 Å². The van der Waals surface area contributed by atoms with Gasteiger partial charge >= 0.3 is 6.18 Å². The highest BCUT2D eigenvalue weighted by Gasteiger charge is 2.46. The molecule has 0 saturated carbocycles. The quantitative estimate of drug-likeness (QED) is 0.174. The van der Waals surface area contributed by atoms with E-state index >= 15 is 0 Å². The van der Waals surface area contributed by atoms with E-state index in [9.17, 15) is 18.0 Å². The van der Waals surface area contributed by atoms with Crippen molar-refractivity contribution in [1.82, 2.24) is 30.0 Å². The van der Waals surface area contributed by atoms with Crippen molar-refractivity contribution in [2.75, 3.05) is 71.0 Å². The Labute approximate surface area is 301 Å². The average Bonchev–Trinajstić information content (AvgIpc) is 3.60. The molecule has 13 heteroatoms. The van der Waals surface area contributed by atoms with E-state index < -0.39 is 12.8 Å². The van der Waals surface area contributed by atoms with Gasteiger partial charge in [0, 0.05) is 68.0 Å².